The van der Waals surface area contributed by atoms with Crippen molar-refractivity contribution in [2.24, 2.45) is 4.99 Å². The summed E-state index contributed by atoms with van der Waals surface area (Å²) in [6, 6.07) is 11.2. The predicted octanol–water partition coefficient (Wildman–Crippen LogP) is 3.34. The molecule has 3 N–H and O–H groups in total. The lowest BCUT2D eigenvalue weighted by molar-refractivity contribution is -0.142. The van der Waals surface area contributed by atoms with E-state index < -0.39 is 17.9 Å². The van der Waals surface area contributed by atoms with Crippen LogP contribution in [0.3, 0.4) is 0 Å². The van der Waals surface area contributed by atoms with Crippen LogP contribution in [0, 0.1) is 0 Å². The summed E-state index contributed by atoms with van der Waals surface area (Å²) in [5.74, 6) is -0.138. The largest absolute Gasteiger partial charge is 0.467 e. The number of benzene rings is 2. The molecule has 0 saturated carbocycles. The second-order valence-corrected chi connectivity index (χ2v) is 9.24. The van der Waals surface area contributed by atoms with Gasteiger partial charge in [0, 0.05) is 32.4 Å². The van der Waals surface area contributed by atoms with Gasteiger partial charge in [-0.3, -0.25) is 14.6 Å². The fourth-order valence-corrected chi connectivity index (χ4v) is 4.37. The number of ketones is 1. The van der Waals surface area contributed by atoms with Gasteiger partial charge in [0.2, 0.25) is 0 Å². The number of amides is 1. The van der Waals surface area contributed by atoms with Crippen LogP contribution in [-0.4, -0.2) is 56.4 Å². The molecule has 0 unspecified atom stereocenters. The minimum absolute atomic E-state index is 0.100. The number of rotatable bonds is 12. The second kappa shape index (κ2) is 13.8. The van der Waals surface area contributed by atoms with Crippen molar-refractivity contribution in [3.63, 3.8) is 0 Å². The minimum Gasteiger partial charge on any atom is -0.467 e. The normalized spacial score (nSPS) is 13.4. The summed E-state index contributed by atoms with van der Waals surface area (Å²) in [5.41, 5.74) is 1.80. The Labute approximate surface area is 220 Å². The zero-order valence-corrected chi connectivity index (χ0v) is 21.6. The number of halogens is 2. The van der Waals surface area contributed by atoms with Crippen LogP contribution in [0.5, 0.6) is 0 Å². The molecule has 0 aromatic heterocycles. The summed E-state index contributed by atoms with van der Waals surface area (Å²) in [7, 11) is 1.26. The minimum atomic E-state index is -0.929. The molecule has 2 aromatic carbocycles. The van der Waals surface area contributed by atoms with Crippen molar-refractivity contribution in [2.45, 2.75) is 38.1 Å². The number of methoxy groups -OCH3 is 1. The second-order valence-electron chi connectivity index (χ2n) is 8.42. The summed E-state index contributed by atoms with van der Waals surface area (Å²) in [5, 5.41) is 9.41. The van der Waals surface area contributed by atoms with Gasteiger partial charge in [0.15, 0.2) is 5.96 Å². The SMILES string of the molecule is COC(=O)[C@H](Cc1ccc(CC(=O)CCCCNC2=NCCN2)cc1)NC(=O)c1c(Cl)cccc1Cl. The quantitative estimate of drug-likeness (QED) is 0.285. The fourth-order valence-electron chi connectivity index (χ4n) is 3.80. The van der Waals surface area contributed by atoms with Crippen molar-refractivity contribution in [3.8, 4) is 0 Å². The topological polar surface area (TPSA) is 109 Å². The Morgan fingerprint density at radius 3 is 2.39 bits per heavy atom. The molecule has 1 amide bonds. The first-order valence-electron chi connectivity index (χ1n) is 11.8. The van der Waals surface area contributed by atoms with Crippen LogP contribution in [0.25, 0.3) is 0 Å². The molecule has 0 radical (unpaired) electrons. The molecule has 3 rings (SSSR count). The van der Waals surface area contributed by atoms with Crippen molar-refractivity contribution >= 4 is 46.8 Å². The Kier molecular flexibility index (Phi) is 10.6. The Morgan fingerprint density at radius 1 is 1.06 bits per heavy atom. The van der Waals surface area contributed by atoms with E-state index in [1.165, 1.54) is 7.11 Å². The highest BCUT2D eigenvalue weighted by Crippen LogP contribution is 2.24. The zero-order chi connectivity index (χ0) is 25.9. The van der Waals surface area contributed by atoms with Gasteiger partial charge in [-0.05, 0) is 36.1 Å². The maximum absolute atomic E-state index is 12.7. The van der Waals surface area contributed by atoms with Crippen LogP contribution in [0.2, 0.25) is 10.0 Å². The Balaban J connectivity index is 1.49. The van der Waals surface area contributed by atoms with E-state index in [0.29, 0.717) is 12.8 Å². The first kappa shape index (κ1) is 27.5. The van der Waals surface area contributed by atoms with Crippen LogP contribution >= 0.6 is 23.2 Å². The summed E-state index contributed by atoms with van der Waals surface area (Å²) in [6.45, 7) is 2.46. The van der Waals surface area contributed by atoms with Gasteiger partial charge in [-0.15, -0.1) is 0 Å². The van der Waals surface area contributed by atoms with E-state index in [0.717, 1.165) is 49.6 Å². The van der Waals surface area contributed by atoms with Gasteiger partial charge in [-0.2, -0.15) is 0 Å². The molecule has 0 bridgehead atoms. The number of ether oxygens (including phenoxy) is 1. The number of aliphatic imine (C=N–C) groups is 1. The number of nitrogens with one attached hydrogen (secondary N) is 3. The van der Waals surface area contributed by atoms with Gasteiger partial charge >= 0.3 is 5.97 Å². The lowest BCUT2D eigenvalue weighted by Gasteiger charge is -2.18. The molecule has 0 saturated heterocycles. The van der Waals surface area contributed by atoms with Crippen LogP contribution in [-0.2, 0) is 27.2 Å². The van der Waals surface area contributed by atoms with Gasteiger partial charge in [0.1, 0.15) is 11.8 Å². The number of hydrogen-bond acceptors (Lipinski definition) is 7. The molecule has 1 atom stereocenters. The highest BCUT2D eigenvalue weighted by molar-refractivity contribution is 6.39. The predicted molar refractivity (Wildman–Crippen MR) is 141 cm³/mol. The third-order valence-electron chi connectivity index (χ3n) is 5.69. The molecule has 2 aromatic rings. The molecule has 8 nitrogen and oxygen atoms in total. The van der Waals surface area contributed by atoms with E-state index in [1.807, 2.05) is 24.3 Å². The zero-order valence-electron chi connectivity index (χ0n) is 20.1. The number of unbranched alkanes of at least 4 members (excludes halogenated alkanes) is 1. The van der Waals surface area contributed by atoms with Crippen molar-refractivity contribution in [1.29, 1.82) is 0 Å². The van der Waals surface area contributed by atoms with Crippen molar-refractivity contribution in [3.05, 3.63) is 69.2 Å². The summed E-state index contributed by atoms with van der Waals surface area (Å²) >= 11 is 12.2. The monoisotopic (exact) mass is 532 g/mol. The molecule has 1 aliphatic rings. The highest BCUT2D eigenvalue weighted by atomic mass is 35.5. The standard InChI is InChI=1S/C26H30Cl2N4O4/c1-36-25(35)22(32-24(34)23-20(27)6-4-7-21(23)28)16-18-10-8-17(9-11-18)15-19(33)5-2-3-12-29-26-30-13-14-31-26/h4,6-11,22H,2-3,5,12-16H2,1H3,(H,32,34)(H2,29,30,31)/t22-/m0/s1. The number of Topliss-reactive ketones (excluding diaryl/α,β-unsaturated/α-hetero) is 1. The van der Waals surface area contributed by atoms with Crippen LogP contribution in [0.15, 0.2) is 47.5 Å². The van der Waals surface area contributed by atoms with Crippen molar-refractivity contribution in [2.75, 3.05) is 26.7 Å². The summed E-state index contributed by atoms with van der Waals surface area (Å²) < 4.78 is 4.86. The van der Waals surface area contributed by atoms with Crippen molar-refractivity contribution < 1.29 is 19.1 Å². The van der Waals surface area contributed by atoms with E-state index in [-0.39, 0.29) is 27.8 Å². The van der Waals surface area contributed by atoms with E-state index in [2.05, 4.69) is 20.9 Å². The Hall–Kier alpha value is -3.10. The van der Waals surface area contributed by atoms with Gasteiger partial charge in [-0.1, -0.05) is 53.5 Å². The first-order valence-corrected chi connectivity index (χ1v) is 12.6. The highest BCUT2D eigenvalue weighted by Gasteiger charge is 2.25. The van der Waals surface area contributed by atoms with E-state index in [1.54, 1.807) is 18.2 Å². The molecular formula is C26H30Cl2N4O4. The number of carbonyl (C=O) groups is 3. The molecule has 1 aliphatic heterocycles. The number of guanidine groups is 1. The maximum Gasteiger partial charge on any atom is 0.328 e. The van der Waals surface area contributed by atoms with Crippen molar-refractivity contribution in [1.82, 2.24) is 16.0 Å². The summed E-state index contributed by atoms with van der Waals surface area (Å²) in [4.78, 5) is 41.7. The van der Waals surface area contributed by atoms with E-state index in [9.17, 15) is 14.4 Å². The Morgan fingerprint density at radius 2 is 1.75 bits per heavy atom. The molecule has 36 heavy (non-hydrogen) atoms. The molecule has 192 valence electrons. The fraction of sp³-hybridized carbons (Fsp3) is 0.385. The summed E-state index contributed by atoms with van der Waals surface area (Å²) in [6.07, 6.45) is 2.79. The number of nitrogens with zero attached hydrogens (tertiary/aromatic N) is 1. The number of esters is 1. The molecule has 0 spiro atoms. The number of hydrogen-bond donors (Lipinski definition) is 3. The van der Waals surface area contributed by atoms with Gasteiger partial charge in [0.05, 0.1) is 29.3 Å². The molecule has 1 heterocycles. The van der Waals surface area contributed by atoms with Crippen LogP contribution in [0.4, 0.5) is 0 Å². The third kappa shape index (κ3) is 8.24. The molecular weight excluding hydrogens is 503 g/mol. The molecule has 0 aliphatic carbocycles. The Bertz CT molecular complexity index is 1090. The van der Waals surface area contributed by atoms with Crippen LogP contribution < -0.4 is 16.0 Å². The lowest BCUT2D eigenvalue weighted by Crippen LogP contribution is -2.43. The molecule has 0 fully saturated rings. The van der Waals surface area contributed by atoms with Gasteiger partial charge in [-0.25, -0.2) is 4.79 Å². The van der Waals surface area contributed by atoms with Gasteiger partial charge < -0.3 is 20.7 Å². The molecule has 10 heteroatoms. The van der Waals surface area contributed by atoms with E-state index in [4.69, 9.17) is 27.9 Å². The first-order chi connectivity index (χ1) is 17.4. The lowest BCUT2D eigenvalue weighted by atomic mass is 10.0. The van der Waals surface area contributed by atoms with Crippen LogP contribution in [0.1, 0.15) is 40.7 Å². The average molecular weight is 533 g/mol. The smallest absolute Gasteiger partial charge is 0.328 e. The average Bonchev–Trinajstić information content (AvgIpc) is 3.37. The van der Waals surface area contributed by atoms with E-state index >= 15 is 0 Å². The number of carbonyl (C=O) groups excluding carboxylic acids is 3. The van der Waals surface area contributed by atoms with Gasteiger partial charge in [0.25, 0.3) is 5.91 Å². The third-order valence-corrected chi connectivity index (χ3v) is 6.32. The maximum atomic E-state index is 12.7.